The molecule has 0 saturated heterocycles. The standard InChI is InChI=1S/C2H5.10Y/c1-2;;;;;;;;;;/h1H2,2H3;;;;;;;;;;/q-1;;;;;;;;;;. The fourth-order valence-corrected chi connectivity index (χ4v) is 0. The van der Waals surface area contributed by atoms with Gasteiger partial charge in [-0.25, -0.2) is 0 Å². The van der Waals surface area contributed by atoms with Gasteiger partial charge in [0.05, 0.1) is 0 Å². The maximum atomic E-state index is 3.25. The van der Waals surface area contributed by atoms with Crippen molar-refractivity contribution >= 4 is 0 Å². The van der Waals surface area contributed by atoms with Gasteiger partial charge >= 0.3 is 0 Å². The maximum Gasteiger partial charge on any atom is 0 e. The Kier molecular flexibility index (Phi) is 515. The summed E-state index contributed by atoms with van der Waals surface area (Å²) in [6.07, 6.45) is 0. The molecular weight excluding hydrogens is 913 g/mol. The molecule has 0 aliphatic carbocycles. The van der Waals surface area contributed by atoms with Crippen molar-refractivity contribution in [3.05, 3.63) is 6.92 Å². The van der Waals surface area contributed by atoms with E-state index in [1.54, 1.807) is 6.92 Å². The summed E-state index contributed by atoms with van der Waals surface area (Å²) in [7, 11) is 0. The van der Waals surface area contributed by atoms with Gasteiger partial charge in [0.25, 0.3) is 0 Å². The molecule has 0 bridgehead atoms. The Labute approximate surface area is 329 Å². The molecule has 0 aromatic rings. The molecule has 0 heterocycles. The fraction of sp³-hybridized carbons (Fsp3) is 0.500. The molecule has 0 amide bonds. The maximum absolute atomic E-state index is 3.25. The van der Waals surface area contributed by atoms with E-state index in [0.29, 0.717) is 0 Å². The first kappa shape index (κ1) is 77.2. The molecular formula is C2H5Y10-. The number of hydrogen-bond donors (Lipinski definition) is 0. The molecule has 44 valence electrons. The second kappa shape index (κ2) is 80.1. The number of hydrogen-bond acceptors (Lipinski definition) is 0. The minimum Gasteiger partial charge on any atom is -0.346 e. The van der Waals surface area contributed by atoms with Gasteiger partial charge in [0.1, 0.15) is 0 Å². The first-order valence-corrected chi connectivity index (χ1v) is 0.707. The first-order valence-electron chi connectivity index (χ1n) is 0.707. The first-order chi connectivity index (χ1) is 1.00. The van der Waals surface area contributed by atoms with Crippen LogP contribution in [0.1, 0.15) is 6.92 Å². The monoisotopic (exact) mass is 918 g/mol. The molecule has 0 aromatic heterocycles. The summed E-state index contributed by atoms with van der Waals surface area (Å²) in [5, 5.41) is 0. The molecule has 0 rings (SSSR count). The summed E-state index contributed by atoms with van der Waals surface area (Å²) in [5.41, 5.74) is 0. The Morgan fingerprint density at radius 3 is 0.333 bits per heavy atom. The molecule has 0 nitrogen and oxygen atoms in total. The van der Waals surface area contributed by atoms with Gasteiger partial charge in [-0.15, -0.1) is 0 Å². The molecule has 0 saturated carbocycles. The van der Waals surface area contributed by atoms with Gasteiger partial charge in [-0.3, -0.25) is 0 Å². The van der Waals surface area contributed by atoms with E-state index < -0.39 is 0 Å². The SMILES string of the molecule is [CH2-]C.[Y].[Y].[Y].[Y].[Y].[Y].[Y].[Y].[Y].[Y]. The zero-order chi connectivity index (χ0) is 2.00. The van der Waals surface area contributed by atoms with Gasteiger partial charge in [-0.2, -0.15) is 6.92 Å². The van der Waals surface area contributed by atoms with Crippen molar-refractivity contribution in [1.82, 2.24) is 0 Å². The van der Waals surface area contributed by atoms with Crippen LogP contribution in [0.2, 0.25) is 0 Å². The van der Waals surface area contributed by atoms with E-state index >= 15 is 0 Å². The van der Waals surface area contributed by atoms with Crippen molar-refractivity contribution in [2.45, 2.75) is 6.92 Å². The van der Waals surface area contributed by atoms with Crippen molar-refractivity contribution in [1.29, 1.82) is 0 Å². The molecule has 10 heteroatoms. The molecule has 0 spiro atoms. The molecule has 0 aromatic carbocycles. The summed E-state index contributed by atoms with van der Waals surface area (Å²) in [6, 6.07) is 0. The Balaban J connectivity index is -0.000000000111. The van der Waals surface area contributed by atoms with Gasteiger partial charge < -0.3 is 6.92 Å². The van der Waals surface area contributed by atoms with Crippen LogP contribution in [0.4, 0.5) is 0 Å². The molecule has 0 aliphatic rings. The van der Waals surface area contributed by atoms with E-state index in [-0.39, 0.29) is 327 Å². The van der Waals surface area contributed by atoms with Crippen LogP contribution in [0.3, 0.4) is 0 Å². The van der Waals surface area contributed by atoms with Crippen molar-refractivity contribution in [2.24, 2.45) is 0 Å². The van der Waals surface area contributed by atoms with Crippen LogP contribution in [-0.4, -0.2) is 0 Å². The molecule has 12 heavy (non-hydrogen) atoms. The van der Waals surface area contributed by atoms with E-state index in [1.807, 2.05) is 0 Å². The van der Waals surface area contributed by atoms with Crippen molar-refractivity contribution in [2.75, 3.05) is 0 Å². The Hall–Kier alpha value is 11.0. The van der Waals surface area contributed by atoms with Crippen molar-refractivity contribution in [3.8, 4) is 0 Å². The van der Waals surface area contributed by atoms with Gasteiger partial charge in [0, 0.05) is 327 Å². The minimum absolute atomic E-state index is 0. The van der Waals surface area contributed by atoms with Gasteiger partial charge in [-0.1, -0.05) is 0 Å². The normalized spacial score (nSPS) is 0.500. The third-order valence-corrected chi connectivity index (χ3v) is 0. The third kappa shape index (κ3) is 69.3. The van der Waals surface area contributed by atoms with E-state index in [2.05, 4.69) is 6.92 Å². The summed E-state index contributed by atoms with van der Waals surface area (Å²) in [5.74, 6) is 0. The Morgan fingerprint density at radius 1 is 0.333 bits per heavy atom. The summed E-state index contributed by atoms with van der Waals surface area (Å²) in [4.78, 5) is 0. The molecule has 0 aliphatic heterocycles. The van der Waals surface area contributed by atoms with Crippen molar-refractivity contribution < 1.29 is 327 Å². The van der Waals surface area contributed by atoms with Gasteiger partial charge in [0.2, 0.25) is 0 Å². The predicted octanol–water partition coefficient (Wildman–Crippen LogP) is 0.815. The number of rotatable bonds is 0. The third-order valence-electron chi connectivity index (χ3n) is 0. The predicted molar refractivity (Wildman–Crippen MR) is 11.0 cm³/mol. The molecule has 0 unspecified atom stereocenters. The second-order valence-corrected chi connectivity index (χ2v) is 0. The van der Waals surface area contributed by atoms with Gasteiger partial charge in [0.15, 0.2) is 0 Å². The van der Waals surface area contributed by atoms with Crippen LogP contribution in [0.15, 0.2) is 0 Å². The van der Waals surface area contributed by atoms with E-state index in [0.717, 1.165) is 0 Å². The van der Waals surface area contributed by atoms with Crippen LogP contribution < -0.4 is 0 Å². The smallest absolute Gasteiger partial charge is 0 e. The average molecular weight is 918 g/mol. The largest absolute Gasteiger partial charge is 0.346 e. The second-order valence-electron chi connectivity index (χ2n) is 0. The zero-order valence-corrected chi connectivity index (χ0v) is 35.9. The summed E-state index contributed by atoms with van der Waals surface area (Å²) in [6.45, 7) is 5.00. The zero-order valence-electron chi connectivity index (χ0n) is 7.48. The minimum atomic E-state index is 0. The quantitative estimate of drug-likeness (QED) is 0.317. The van der Waals surface area contributed by atoms with Crippen LogP contribution in [0.25, 0.3) is 0 Å². The van der Waals surface area contributed by atoms with Gasteiger partial charge in [-0.05, 0) is 0 Å². The summed E-state index contributed by atoms with van der Waals surface area (Å²) >= 11 is 0. The molecule has 0 atom stereocenters. The molecule has 10 radical (unpaired) electrons. The molecule has 0 N–H and O–H groups in total. The summed E-state index contributed by atoms with van der Waals surface area (Å²) < 4.78 is 0. The van der Waals surface area contributed by atoms with E-state index in [1.165, 1.54) is 0 Å². The fourth-order valence-electron chi connectivity index (χ4n) is 0. The van der Waals surface area contributed by atoms with Crippen LogP contribution in [0, 0.1) is 6.92 Å². The Morgan fingerprint density at radius 2 is 0.333 bits per heavy atom. The topological polar surface area (TPSA) is 0 Å². The van der Waals surface area contributed by atoms with Crippen LogP contribution >= 0.6 is 0 Å². The van der Waals surface area contributed by atoms with E-state index in [4.69, 9.17) is 0 Å². The average Bonchev–Trinajstić information content (AvgIpc) is 1.00. The van der Waals surface area contributed by atoms with Crippen LogP contribution in [-0.2, 0) is 327 Å². The van der Waals surface area contributed by atoms with E-state index in [9.17, 15) is 0 Å². The van der Waals surface area contributed by atoms with Crippen molar-refractivity contribution in [3.63, 3.8) is 0 Å². The Bertz CT molecular complexity index is 7.80. The van der Waals surface area contributed by atoms with Crippen LogP contribution in [0.5, 0.6) is 0 Å². The molecule has 0 fully saturated rings.